The molecule has 0 bridgehead atoms. The maximum Gasteiger partial charge on any atom is 0.573 e. The Hall–Kier alpha value is -4.42. The van der Waals surface area contributed by atoms with Crippen LogP contribution in [0.5, 0.6) is 11.5 Å². The lowest BCUT2D eigenvalue weighted by molar-refractivity contribution is -0.275. The number of piperidine rings is 1. The van der Waals surface area contributed by atoms with Crippen LogP contribution in [-0.4, -0.2) is 49.8 Å². The first-order chi connectivity index (χ1) is 20.2. The molecule has 0 aromatic heterocycles. The molecule has 0 spiro atoms. The van der Waals surface area contributed by atoms with Crippen molar-refractivity contribution in [3.63, 3.8) is 0 Å². The Kier molecular flexibility index (Phi) is 9.12. The van der Waals surface area contributed by atoms with Gasteiger partial charge in [-0.3, -0.25) is 9.69 Å². The summed E-state index contributed by atoms with van der Waals surface area (Å²) in [6.07, 6.45) is -9.42. The predicted molar refractivity (Wildman–Crippen MR) is 143 cm³/mol. The highest BCUT2D eigenvalue weighted by Gasteiger charge is 2.44. The normalized spacial score (nSPS) is 14.7. The van der Waals surface area contributed by atoms with Crippen LogP contribution in [0.25, 0.3) is 0 Å². The zero-order valence-corrected chi connectivity index (χ0v) is 23.1. The van der Waals surface area contributed by atoms with Crippen molar-refractivity contribution in [3.8, 4) is 11.5 Å². The number of hydrogen-bond acceptors (Lipinski definition) is 5. The molecule has 0 saturated carbocycles. The summed E-state index contributed by atoms with van der Waals surface area (Å²) in [6, 6.07) is 17.4. The topological polar surface area (TPSA) is 68.3 Å². The minimum absolute atomic E-state index is 0.111. The second-order valence-electron chi connectivity index (χ2n) is 9.96. The van der Waals surface area contributed by atoms with E-state index in [0.717, 1.165) is 24.3 Å². The Morgan fingerprint density at radius 3 is 1.70 bits per heavy atom. The number of likely N-dealkylation sites (tertiary alicyclic amines) is 1. The molecule has 0 atom stereocenters. The Labute approximate surface area is 243 Å². The molecule has 4 rings (SSSR count). The average Bonchev–Trinajstić information content (AvgIpc) is 2.96. The molecule has 7 nitrogen and oxygen atoms in total. The number of halogens is 6. The van der Waals surface area contributed by atoms with Crippen LogP contribution < -0.4 is 14.4 Å². The molecule has 1 saturated heterocycles. The van der Waals surface area contributed by atoms with Crippen molar-refractivity contribution in [2.75, 3.05) is 25.1 Å². The lowest BCUT2D eigenvalue weighted by Gasteiger charge is -2.45. The van der Waals surface area contributed by atoms with E-state index < -0.39 is 47.7 Å². The Bertz CT molecular complexity index is 1360. The van der Waals surface area contributed by atoms with Gasteiger partial charge in [0, 0.05) is 18.8 Å². The van der Waals surface area contributed by atoms with Crippen molar-refractivity contribution < 1.29 is 50.1 Å². The van der Waals surface area contributed by atoms with E-state index in [1.807, 2.05) is 0 Å². The van der Waals surface area contributed by atoms with Gasteiger partial charge in [0.05, 0.1) is 18.6 Å². The standard InChI is InChI=1S/C30H28F6N2O5/c1-28(21-8-6-12-24(18-21)42-29(31,32)33,22-9-7-13-25(19-22)43-30(34,35)36)38(23-10-4-3-5-11-23)27(40)37-16-14-20(15-17-37)26(39)41-2/h3-13,18-20H,14-17H2,1-2H3. The van der Waals surface area contributed by atoms with Gasteiger partial charge in [-0.05, 0) is 67.3 Å². The van der Waals surface area contributed by atoms with Crippen LogP contribution in [0.1, 0.15) is 30.9 Å². The van der Waals surface area contributed by atoms with Crippen LogP contribution in [0, 0.1) is 5.92 Å². The first-order valence-corrected chi connectivity index (χ1v) is 13.2. The molecular formula is C30H28F6N2O5. The molecule has 1 fully saturated rings. The van der Waals surface area contributed by atoms with E-state index in [2.05, 4.69) is 9.47 Å². The summed E-state index contributed by atoms with van der Waals surface area (Å²) < 4.78 is 92.1. The van der Waals surface area contributed by atoms with E-state index in [4.69, 9.17) is 4.74 Å². The summed E-state index contributed by atoms with van der Waals surface area (Å²) >= 11 is 0. The van der Waals surface area contributed by atoms with Crippen molar-refractivity contribution in [2.45, 2.75) is 38.0 Å². The van der Waals surface area contributed by atoms with Crippen molar-refractivity contribution in [3.05, 3.63) is 90.0 Å². The van der Waals surface area contributed by atoms with Gasteiger partial charge < -0.3 is 19.1 Å². The van der Waals surface area contributed by atoms with Gasteiger partial charge in [-0.2, -0.15) is 0 Å². The number of carbonyl (C=O) groups is 2. The first kappa shape index (κ1) is 31.5. The highest BCUT2D eigenvalue weighted by molar-refractivity contribution is 5.95. The third-order valence-electron chi connectivity index (χ3n) is 7.21. The van der Waals surface area contributed by atoms with E-state index in [1.54, 1.807) is 30.3 Å². The molecule has 13 heteroatoms. The molecule has 2 amide bonds. The van der Waals surface area contributed by atoms with E-state index in [0.29, 0.717) is 18.5 Å². The lowest BCUT2D eigenvalue weighted by Crippen LogP contribution is -2.55. The number of carbonyl (C=O) groups excluding carboxylic acids is 2. The fourth-order valence-electron chi connectivity index (χ4n) is 5.17. The Balaban J connectivity index is 1.89. The molecule has 3 aromatic rings. The maximum absolute atomic E-state index is 14.4. The second-order valence-corrected chi connectivity index (χ2v) is 9.96. The van der Waals surface area contributed by atoms with Crippen LogP contribution in [0.4, 0.5) is 36.8 Å². The third-order valence-corrected chi connectivity index (χ3v) is 7.21. The predicted octanol–water partition coefficient (Wildman–Crippen LogP) is 7.26. The number of nitrogens with zero attached hydrogens (tertiary/aromatic N) is 2. The van der Waals surface area contributed by atoms with Gasteiger partial charge >= 0.3 is 24.7 Å². The molecule has 230 valence electrons. The van der Waals surface area contributed by atoms with Crippen molar-refractivity contribution in [2.24, 2.45) is 5.92 Å². The van der Waals surface area contributed by atoms with Gasteiger partial charge in [0.2, 0.25) is 0 Å². The van der Waals surface area contributed by atoms with Gasteiger partial charge in [-0.1, -0.05) is 42.5 Å². The number of alkyl halides is 6. The zero-order chi connectivity index (χ0) is 31.4. The monoisotopic (exact) mass is 610 g/mol. The van der Waals surface area contributed by atoms with Gasteiger partial charge in [0.1, 0.15) is 11.5 Å². The lowest BCUT2D eigenvalue weighted by atomic mass is 9.82. The number of urea groups is 1. The van der Waals surface area contributed by atoms with E-state index >= 15 is 0 Å². The number of ether oxygens (including phenoxy) is 3. The van der Waals surface area contributed by atoms with E-state index in [9.17, 15) is 35.9 Å². The fraction of sp³-hybridized carbons (Fsp3) is 0.333. The molecule has 3 aromatic carbocycles. The van der Waals surface area contributed by atoms with Gasteiger partial charge in [0.25, 0.3) is 0 Å². The number of amides is 2. The van der Waals surface area contributed by atoms with Gasteiger partial charge in [0.15, 0.2) is 0 Å². The molecule has 43 heavy (non-hydrogen) atoms. The van der Waals surface area contributed by atoms with Gasteiger partial charge in [-0.25, -0.2) is 4.79 Å². The van der Waals surface area contributed by atoms with E-state index in [1.165, 1.54) is 48.1 Å². The average molecular weight is 611 g/mol. The Morgan fingerprint density at radius 2 is 1.26 bits per heavy atom. The number of benzene rings is 3. The number of anilines is 1. The minimum atomic E-state index is -5.02. The molecule has 0 aliphatic carbocycles. The highest BCUT2D eigenvalue weighted by Crippen LogP contribution is 2.43. The van der Waals surface area contributed by atoms with Crippen LogP contribution >= 0.6 is 0 Å². The third kappa shape index (κ3) is 7.51. The SMILES string of the molecule is COC(=O)C1CCN(C(=O)N(c2ccccc2)C(C)(c2cccc(OC(F)(F)F)c2)c2cccc(OC(F)(F)F)c2)CC1. The molecular weight excluding hydrogens is 582 g/mol. The molecule has 0 unspecified atom stereocenters. The fourth-order valence-corrected chi connectivity index (χ4v) is 5.17. The van der Waals surface area contributed by atoms with Gasteiger partial charge in [-0.15, -0.1) is 26.3 Å². The van der Waals surface area contributed by atoms with Crippen molar-refractivity contribution >= 4 is 17.7 Å². The largest absolute Gasteiger partial charge is 0.573 e. The number of para-hydroxylation sites is 1. The van der Waals surface area contributed by atoms with Crippen LogP contribution in [0.15, 0.2) is 78.9 Å². The van der Waals surface area contributed by atoms with Crippen LogP contribution in [0.2, 0.25) is 0 Å². The number of rotatable bonds is 7. The smallest absolute Gasteiger partial charge is 0.469 e. The maximum atomic E-state index is 14.4. The first-order valence-electron chi connectivity index (χ1n) is 13.2. The minimum Gasteiger partial charge on any atom is -0.469 e. The summed E-state index contributed by atoms with van der Waals surface area (Å²) in [5.74, 6) is -1.99. The van der Waals surface area contributed by atoms with Crippen LogP contribution in [0.3, 0.4) is 0 Å². The zero-order valence-electron chi connectivity index (χ0n) is 23.1. The number of methoxy groups -OCH3 is 1. The summed E-state index contributed by atoms with van der Waals surface area (Å²) in [4.78, 5) is 29.2. The quantitative estimate of drug-likeness (QED) is 0.208. The summed E-state index contributed by atoms with van der Waals surface area (Å²) in [6.45, 7) is 1.83. The van der Waals surface area contributed by atoms with Crippen molar-refractivity contribution in [1.29, 1.82) is 0 Å². The molecule has 0 radical (unpaired) electrons. The van der Waals surface area contributed by atoms with Crippen LogP contribution in [-0.2, 0) is 15.1 Å². The molecule has 1 heterocycles. The molecule has 1 aliphatic heterocycles. The van der Waals surface area contributed by atoms with E-state index in [-0.39, 0.29) is 24.2 Å². The molecule has 0 N–H and O–H groups in total. The van der Waals surface area contributed by atoms with Crippen molar-refractivity contribution in [1.82, 2.24) is 4.90 Å². The molecule has 1 aliphatic rings. The number of esters is 1. The Morgan fingerprint density at radius 1 is 0.767 bits per heavy atom. The summed E-state index contributed by atoms with van der Waals surface area (Å²) in [5.41, 5.74) is -1.16. The summed E-state index contributed by atoms with van der Waals surface area (Å²) in [7, 11) is 1.27. The highest BCUT2D eigenvalue weighted by atomic mass is 19.4. The number of hydrogen-bond donors (Lipinski definition) is 0. The second kappa shape index (κ2) is 12.4. The summed E-state index contributed by atoms with van der Waals surface area (Å²) in [5, 5.41) is 0.